The lowest BCUT2D eigenvalue weighted by molar-refractivity contribution is 0.386. The molecule has 1 aliphatic heterocycles. The minimum Gasteiger partial charge on any atom is -0.494 e. The Morgan fingerprint density at radius 2 is 1.57 bits per heavy atom. The van der Waals surface area contributed by atoms with Gasteiger partial charge in [0.2, 0.25) is 0 Å². The number of hydrogen-bond donors (Lipinski definition) is 0. The molecule has 0 saturated carbocycles. The van der Waals surface area contributed by atoms with E-state index in [0.717, 1.165) is 49.1 Å². The van der Waals surface area contributed by atoms with Crippen LogP contribution in [0.4, 0.5) is 15.9 Å². The largest absolute Gasteiger partial charge is 0.494 e. The van der Waals surface area contributed by atoms with Crippen LogP contribution in [0.5, 0.6) is 5.75 Å². The van der Waals surface area contributed by atoms with Crippen LogP contribution in [-0.4, -0.2) is 53.3 Å². The average molecular weight is 382 g/mol. The lowest BCUT2D eigenvalue weighted by atomic mass is 10.2. The number of benzene rings is 1. The molecule has 7 nitrogen and oxygen atoms in total. The Morgan fingerprint density at radius 3 is 2.14 bits per heavy atom. The van der Waals surface area contributed by atoms with Crippen molar-refractivity contribution in [3.8, 4) is 11.6 Å². The van der Waals surface area contributed by atoms with E-state index in [2.05, 4.69) is 25.1 Å². The van der Waals surface area contributed by atoms with Crippen LogP contribution >= 0.6 is 0 Å². The van der Waals surface area contributed by atoms with Gasteiger partial charge in [0, 0.05) is 43.6 Å². The number of rotatable bonds is 4. The lowest BCUT2D eigenvalue weighted by Gasteiger charge is -2.36. The van der Waals surface area contributed by atoms with Gasteiger partial charge in [-0.05, 0) is 44.2 Å². The Bertz CT molecular complexity index is 963. The van der Waals surface area contributed by atoms with Gasteiger partial charge in [-0.2, -0.15) is 5.10 Å². The van der Waals surface area contributed by atoms with Crippen LogP contribution in [0.2, 0.25) is 0 Å². The predicted molar refractivity (Wildman–Crippen MR) is 106 cm³/mol. The summed E-state index contributed by atoms with van der Waals surface area (Å²) in [5.41, 5.74) is 2.85. The van der Waals surface area contributed by atoms with Crippen molar-refractivity contribution in [1.29, 1.82) is 0 Å². The summed E-state index contributed by atoms with van der Waals surface area (Å²) in [7, 11) is 1.47. The second-order valence-electron chi connectivity index (χ2n) is 6.88. The molecule has 3 heterocycles. The number of methoxy groups -OCH3 is 1. The predicted octanol–water partition coefficient (Wildman–Crippen LogP) is 2.75. The minimum absolute atomic E-state index is 0.264. The highest BCUT2D eigenvalue weighted by molar-refractivity contribution is 5.52. The number of anilines is 2. The Labute approximate surface area is 163 Å². The summed E-state index contributed by atoms with van der Waals surface area (Å²) in [4.78, 5) is 4.35. The van der Waals surface area contributed by atoms with Crippen LogP contribution in [0.25, 0.3) is 5.82 Å². The molecule has 0 atom stereocenters. The van der Waals surface area contributed by atoms with E-state index in [0.29, 0.717) is 5.82 Å². The number of nitrogens with zero attached hydrogens (tertiary/aromatic N) is 6. The third-order valence-electron chi connectivity index (χ3n) is 4.97. The van der Waals surface area contributed by atoms with E-state index < -0.39 is 0 Å². The van der Waals surface area contributed by atoms with Gasteiger partial charge in [0.15, 0.2) is 23.2 Å². The zero-order valence-corrected chi connectivity index (χ0v) is 16.3. The molecular weight excluding hydrogens is 359 g/mol. The van der Waals surface area contributed by atoms with Crippen LogP contribution in [0.15, 0.2) is 36.4 Å². The van der Waals surface area contributed by atoms with Gasteiger partial charge < -0.3 is 14.5 Å². The van der Waals surface area contributed by atoms with Crippen molar-refractivity contribution in [1.82, 2.24) is 20.0 Å². The molecule has 1 aromatic carbocycles. The number of ether oxygens (including phenoxy) is 1. The van der Waals surface area contributed by atoms with Gasteiger partial charge in [0.25, 0.3) is 0 Å². The summed E-state index contributed by atoms with van der Waals surface area (Å²) in [6.45, 7) is 7.11. The Hall–Kier alpha value is -3.16. The van der Waals surface area contributed by atoms with Gasteiger partial charge in [0.05, 0.1) is 12.8 Å². The highest BCUT2D eigenvalue weighted by Gasteiger charge is 2.20. The van der Waals surface area contributed by atoms with Crippen molar-refractivity contribution in [2.75, 3.05) is 43.1 Å². The van der Waals surface area contributed by atoms with Crippen LogP contribution in [0.1, 0.15) is 11.4 Å². The van der Waals surface area contributed by atoms with Gasteiger partial charge in [-0.3, -0.25) is 0 Å². The van der Waals surface area contributed by atoms with Gasteiger partial charge in [-0.15, -0.1) is 10.2 Å². The van der Waals surface area contributed by atoms with E-state index in [9.17, 15) is 4.39 Å². The topological polar surface area (TPSA) is 59.3 Å². The van der Waals surface area contributed by atoms with Crippen LogP contribution in [0.3, 0.4) is 0 Å². The van der Waals surface area contributed by atoms with Crippen molar-refractivity contribution in [3.63, 3.8) is 0 Å². The third kappa shape index (κ3) is 3.49. The van der Waals surface area contributed by atoms with Crippen molar-refractivity contribution in [2.45, 2.75) is 13.8 Å². The molecule has 28 heavy (non-hydrogen) atoms. The number of hydrogen-bond acceptors (Lipinski definition) is 6. The molecular formula is C20H23FN6O. The van der Waals surface area contributed by atoms with Crippen molar-refractivity contribution < 1.29 is 9.13 Å². The van der Waals surface area contributed by atoms with Crippen LogP contribution in [0, 0.1) is 19.7 Å². The zero-order chi connectivity index (χ0) is 19.7. The number of piperazine rings is 1. The Balaban J connectivity index is 1.42. The molecule has 0 aliphatic carbocycles. The number of aryl methyl sites for hydroxylation is 2. The number of halogens is 1. The molecule has 0 amide bonds. The van der Waals surface area contributed by atoms with Gasteiger partial charge in [-0.1, -0.05) is 0 Å². The summed E-state index contributed by atoms with van der Waals surface area (Å²) in [5.74, 6) is 1.47. The molecule has 8 heteroatoms. The molecule has 3 aromatic rings. The van der Waals surface area contributed by atoms with E-state index in [1.54, 1.807) is 10.7 Å². The molecule has 0 bridgehead atoms. The SMILES string of the molecule is COc1ccc(N2CCN(c3ccc(-n4nc(C)cc4C)nn3)CC2)cc1F. The molecule has 1 saturated heterocycles. The second kappa shape index (κ2) is 7.46. The fourth-order valence-electron chi connectivity index (χ4n) is 3.51. The summed E-state index contributed by atoms with van der Waals surface area (Å²) in [5, 5.41) is 13.2. The Morgan fingerprint density at radius 1 is 0.893 bits per heavy atom. The maximum atomic E-state index is 14.0. The standard InChI is InChI=1S/C20H23FN6O/c1-14-12-15(2)27(24-14)20-7-6-19(22-23-20)26-10-8-25(9-11-26)16-4-5-18(28-3)17(21)13-16/h4-7,12-13H,8-11H2,1-3H3. The number of aromatic nitrogens is 4. The normalized spacial score (nSPS) is 14.4. The van der Waals surface area contributed by atoms with E-state index >= 15 is 0 Å². The summed E-state index contributed by atoms with van der Waals surface area (Å²) in [6.07, 6.45) is 0. The highest BCUT2D eigenvalue weighted by atomic mass is 19.1. The zero-order valence-electron chi connectivity index (χ0n) is 16.3. The van der Waals surface area contributed by atoms with Crippen molar-refractivity contribution in [2.24, 2.45) is 0 Å². The molecule has 146 valence electrons. The third-order valence-corrected chi connectivity index (χ3v) is 4.97. The monoisotopic (exact) mass is 382 g/mol. The van der Waals surface area contributed by atoms with E-state index in [1.165, 1.54) is 13.2 Å². The smallest absolute Gasteiger partial charge is 0.176 e. The van der Waals surface area contributed by atoms with Crippen LogP contribution < -0.4 is 14.5 Å². The fraction of sp³-hybridized carbons (Fsp3) is 0.350. The average Bonchev–Trinajstić information content (AvgIpc) is 3.06. The van der Waals surface area contributed by atoms with Gasteiger partial charge >= 0.3 is 0 Å². The van der Waals surface area contributed by atoms with E-state index in [1.807, 2.05) is 38.1 Å². The molecule has 0 spiro atoms. The Kier molecular flexibility index (Phi) is 4.85. The maximum absolute atomic E-state index is 14.0. The van der Waals surface area contributed by atoms with E-state index in [4.69, 9.17) is 4.74 Å². The highest BCUT2D eigenvalue weighted by Crippen LogP contribution is 2.25. The molecule has 4 rings (SSSR count). The molecule has 1 fully saturated rings. The summed E-state index contributed by atoms with van der Waals surface area (Å²) in [6, 6.07) is 11.0. The van der Waals surface area contributed by atoms with E-state index in [-0.39, 0.29) is 11.6 Å². The molecule has 2 aromatic heterocycles. The first kappa shape index (κ1) is 18.2. The second-order valence-corrected chi connectivity index (χ2v) is 6.88. The quantitative estimate of drug-likeness (QED) is 0.692. The maximum Gasteiger partial charge on any atom is 0.176 e. The first-order chi connectivity index (χ1) is 13.5. The van der Waals surface area contributed by atoms with Crippen molar-refractivity contribution >= 4 is 11.5 Å². The summed E-state index contributed by atoms with van der Waals surface area (Å²) >= 11 is 0. The first-order valence-electron chi connectivity index (χ1n) is 9.26. The molecule has 1 aliphatic rings. The molecule has 0 unspecified atom stereocenters. The molecule has 0 N–H and O–H groups in total. The van der Waals surface area contributed by atoms with Gasteiger partial charge in [0.1, 0.15) is 0 Å². The lowest BCUT2D eigenvalue weighted by Crippen LogP contribution is -2.47. The minimum atomic E-state index is -0.340. The van der Waals surface area contributed by atoms with Gasteiger partial charge in [-0.25, -0.2) is 9.07 Å². The first-order valence-corrected chi connectivity index (χ1v) is 9.26. The van der Waals surface area contributed by atoms with Crippen LogP contribution in [-0.2, 0) is 0 Å². The summed E-state index contributed by atoms with van der Waals surface area (Å²) < 4.78 is 20.8. The van der Waals surface area contributed by atoms with Crippen molar-refractivity contribution in [3.05, 3.63) is 53.6 Å². The molecule has 0 radical (unpaired) electrons. The fourth-order valence-corrected chi connectivity index (χ4v) is 3.51.